The van der Waals surface area contributed by atoms with Gasteiger partial charge in [-0.3, -0.25) is 9.59 Å². The molecule has 0 radical (unpaired) electrons. The third kappa shape index (κ3) is 5.19. The highest BCUT2D eigenvalue weighted by Crippen LogP contribution is 2.06. The van der Waals surface area contributed by atoms with Gasteiger partial charge in [0.25, 0.3) is 5.91 Å². The molecule has 0 unspecified atom stereocenters. The van der Waals surface area contributed by atoms with E-state index in [0.717, 1.165) is 51.6 Å². The first-order valence-corrected chi connectivity index (χ1v) is 7.67. The summed E-state index contributed by atoms with van der Waals surface area (Å²) in [6, 6.07) is 1.41. The van der Waals surface area contributed by atoms with Crippen molar-refractivity contribution in [3.8, 4) is 0 Å². The maximum absolute atomic E-state index is 12.5. The van der Waals surface area contributed by atoms with Crippen molar-refractivity contribution >= 4 is 5.91 Å². The molecule has 112 valence electrons. The van der Waals surface area contributed by atoms with Gasteiger partial charge in [-0.25, -0.2) is 0 Å². The van der Waals surface area contributed by atoms with Crippen LogP contribution in [-0.2, 0) is 0 Å². The van der Waals surface area contributed by atoms with E-state index >= 15 is 0 Å². The fraction of sp³-hybridized carbons (Fsp3) is 0.625. The zero-order valence-corrected chi connectivity index (χ0v) is 12.7. The minimum Gasteiger partial charge on any atom is -0.367 e. The first-order chi connectivity index (χ1) is 9.70. The summed E-state index contributed by atoms with van der Waals surface area (Å²) in [6.45, 7) is 5.77. The van der Waals surface area contributed by atoms with Crippen molar-refractivity contribution in [2.75, 3.05) is 13.1 Å². The molecule has 1 amide bonds. The van der Waals surface area contributed by atoms with Gasteiger partial charge in [-0.05, 0) is 12.8 Å². The SMILES string of the molecule is CCCCCN(CCCCC)C(=O)c1c[nH]ccc1=O. The maximum atomic E-state index is 12.5. The lowest BCUT2D eigenvalue weighted by molar-refractivity contribution is 0.0748. The summed E-state index contributed by atoms with van der Waals surface area (Å²) in [5.74, 6) is -0.140. The normalized spacial score (nSPS) is 10.5. The van der Waals surface area contributed by atoms with E-state index in [9.17, 15) is 9.59 Å². The Morgan fingerprint density at radius 3 is 2.20 bits per heavy atom. The van der Waals surface area contributed by atoms with Gasteiger partial charge in [0.1, 0.15) is 5.56 Å². The van der Waals surface area contributed by atoms with Crippen molar-refractivity contribution in [3.63, 3.8) is 0 Å². The highest BCUT2D eigenvalue weighted by molar-refractivity contribution is 5.93. The molecular weight excluding hydrogens is 252 g/mol. The minimum absolute atomic E-state index is 0.140. The van der Waals surface area contributed by atoms with Gasteiger partial charge in [-0.15, -0.1) is 0 Å². The molecule has 0 saturated heterocycles. The Bertz CT molecular complexity index is 444. The van der Waals surface area contributed by atoms with Gasteiger partial charge >= 0.3 is 0 Å². The maximum Gasteiger partial charge on any atom is 0.259 e. The molecule has 0 aliphatic rings. The van der Waals surface area contributed by atoms with Crippen LogP contribution in [0, 0.1) is 0 Å². The van der Waals surface area contributed by atoms with Gasteiger partial charge in [0, 0.05) is 31.5 Å². The molecule has 1 rings (SSSR count). The summed E-state index contributed by atoms with van der Waals surface area (Å²) in [5, 5.41) is 0. The molecule has 0 spiro atoms. The molecule has 0 atom stereocenters. The van der Waals surface area contributed by atoms with Crippen LogP contribution in [0.25, 0.3) is 0 Å². The summed E-state index contributed by atoms with van der Waals surface area (Å²) >= 11 is 0. The van der Waals surface area contributed by atoms with Gasteiger partial charge in [0.15, 0.2) is 5.43 Å². The van der Waals surface area contributed by atoms with Crippen molar-refractivity contribution in [1.29, 1.82) is 0 Å². The lowest BCUT2D eigenvalue weighted by atomic mass is 10.1. The third-order valence-corrected chi connectivity index (χ3v) is 3.40. The summed E-state index contributed by atoms with van der Waals surface area (Å²) in [6.07, 6.45) is 9.55. The number of nitrogens with one attached hydrogen (secondary N) is 1. The monoisotopic (exact) mass is 278 g/mol. The first kappa shape index (κ1) is 16.5. The van der Waals surface area contributed by atoms with Crippen molar-refractivity contribution in [2.45, 2.75) is 52.4 Å². The van der Waals surface area contributed by atoms with E-state index in [0.29, 0.717) is 0 Å². The predicted molar refractivity (Wildman–Crippen MR) is 82.0 cm³/mol. The molecule has 20 heavy (non-hydrogen) atoms. The largest absolute Gasteiger partial charge is 0.367 e. The first-order valence-electron chi connectivity index (χ1n) is 7.67. The van der Waals surface area contributed by atoms with Crippen LogP contribution >= 0.6 is 0 Å². The molecule has 1 heterocycles. The number of aromatic amines is 1. The lowest BCUT2D eigenvalue weighted by Gasteiger charge is -2.22. The standard InChI is InChI=1S/C16H26N2O2/c1-3-5-7-11-18(12-8-6-4-2)16(20)14-13-17-10-9-15(14)19/h9-10,13H,3-8,11-12H2,1-2H3,(H,17,19). The molecule has 0 aliphatic carbocycles. The summed E-state index contributed by atoms with van der Waals surface area (Å²) in [4.78, 5) is 28.9. The predicted octanol–water partition coefficient (Wildman–Crippen LogP) is 3.20. The number of hydrogen-bond donors (Lipinski definition) is 1. The fourth-order valence-corrected chi connectivity index (χ4v) is 2.17. The number of carbonyl (C=O) groups excluding carboxylic acids is 1. The molecule has 0 aromatic carbocycles. The Kier molecular flexibility index (Phi) is 7.70. The minimum atomic E-state index is -0.204. The van der Waals surface area contributed by atoms with E-state index in [4.69, 9.17) is 0 Å². The number of H-pyrrole nitrogens is 1. The quantitative estimate of drug-likeness (QED) is 0.705. The Balaban J connectivity index is 2.72. The molecule has 4 nitrogen and oxygen atoms in total. The second-order valence-electron chi connectivity index (χ2n) is 5.13. The van der Waals surface area contributed by atoms with Crippen LogP contribution in [0.2, 0.25) is 0 Å². The topological polar surface area (TPSA) is 53.2 Å². The van der Waals surface area contributed by atoms with Crippen molar-refractivity contribution < 1.29 is 4.79 Å². The Morgan fingerprint density at radius 1 is 1.10 bits per heavy atom. The van der Waals surface area contributed by atoms with Crippen LogP contribution < -0.4 is 5.43 Å². The molecule has 1 N–H and O–H groups in total. The van der Waals surface area contributed by atoms with E-state index in [2.05, 4.69) is 18.8 Å². The number of amides is 1. The number of pyridine rings is 1. The Morgan fingerprint density at radius 2 is 1.70 bits per heavy atom. The van der Waals surface area contributed by atoms with E-state index in [1.54, 1.807) is 6.20 Å². The average molecular weight is 278 g/mol. The second-order valence-corrected chi connectivity index (χ2v) is 5.13. The highest BCUT2D eigenvalue weighted by atomic mass is 16.2. The molecular formula is C16H26N2O2. The third-order valence-electron chi connectivity index (χ3n) is 3.40. The van der Waals surface area contributed by atoms with Crippen LogP contribution in [0.4, 0.5) is 0 Å². The molecule has 0 aliphatic heterocycles. The van der Waals surface area contributed by atoms with Crippen molar-refractivity contribution in [3.05, 3.63) is 34.2 Å². The zero-order chi connectivity index (χ0) is 14.8. The molecule has 0 bridgehead atoms. The van der Waals surface area contributed by atoms with Crippen LogP contribution in [0.3, 0.4) is 0 Å². The van der Waals surface area contributed by atoms with Crippen LogP contribution in [0.1, 0.15) is 62.7 Å². The van der Waals surface area contributed by atoms with E-state index in [-0.39, 0.29) is 16.9 Å². The van der Waals surface area contributed by atoms with Gasteiger partial charge in [-0.2, -0.15) is 0 Å². The lowest BCUT2D eigenvalue weighted by Crippen LogP contribution is -2.35. The van der Waals surface area contributed by atoms with Crippen LogP contribution in [0.15, 0.2) is 23.3 Å². The number of aromatic nitrogens is 1. The summed E-state index contributed by atoms with van der Waals surface area (Å²) in [5.41, 5.74) is 0.0465. The zero-order valence-electron chi connectivity index (χ0n) is 12.7. The summed E-state index contributed by atoms with van der Waals surface area (Å²) in [7, 11) is 0. The molecule has 1 aromatic heterocycles. The number of hydrogen-bond acceptors (Lipinski definition) is 2. The molecule has 1 aromatic rings. The highest BCUT2D eigenvalue weighted by Gasteiger charge is 2.17. The molecule has 0 fully saturated rings. The molecule has 4 heteroatoms. The van der Waals surface area contributed by atoms with Crippen molar-refractivity contribution in [1.82, 2.24) is 9.88 Å². The van der Waals surface area contributed by atoms with Gasteiger partial charge < -0.3 is 9.88 Å². The van der Waals surface area contributed by atoms with Gasteiger partial charge in [0.2, 0.25) is 0 Å². The van der Waals surface area contributed by atoms with E-state index < -0.39 is 0 Å². The average Bonchev–Trinajstić information content (AvgIpc) is 2.46. The Labute approximate surface area is 121 Å². The van der Waals surface area contributed by atoms with Crippen molar-refractivity contribution in [2.24, 2.45) is 0 Å². The number of carbonyl (C=O) groups is 1. The van der Waals surface area contributed by atoms with Gasteiger partial charge in [-0.1, -0.05) is 39.5 Å². The van der Waals surface area contributed by atoms with Crippen LogP contribution in [-0.4, -0.2) is 28.9 Å². The number of nitrogens with zero attached hydrogens (tertiary/aromatic N) is 1. The van der Waals surface area contributed by atoms with Gasteiger partial charge in [0.05, 0.1) is 0 Å². The van der Waals surface area contributed by atoms with E-state index in [1.165, 1.54) is 12.3 Å². The number of unbranched alkanes of at least 4 members (excludes halogenated alkanes) is 4. The molecule has 0 saturated carbocycles. The van der Waals surface area contributed by atoms with E-state index in [1.807, 2.05) is 4.90 Å². The Hall–Kier alpha value is -1.58. The van der Waals surface area contributed by atoms with Crippen LogP contribution in [0.5, 0.6) is 0 Å². The fourth-order valence-electron chi connectivity index (χ4n) is 2.17. The number of rotatable bonds is 9. The smallest absolute Gasteiger partial charge is 0.259 e. The summed E-state index contributed by atoms with van der Waals surface area (Å²) < 4.78 is 0. The second kappa shape index (κ2) is 9.34.